The minimum atomic E-state index is -0.00343. The smallest absolute Gasteiger partial charge is 0.262 e. The van der Waals surface area contributed by atoms with Crippen molar-refractivity contribution in [3.8, 4) is 17.5 Å². The molecule has 3 rings (SSSR count). The van der Waals surface area contributed by atoms with Crippen LogP contribution in [0.25, 0.3) is 21.6 Å². The fourth-order valence-electron chi connectivity index (χ4n) is 2.86. The highest BCUT2D eigenvalue weighted by Gasteiger charge is 2.17. The van der Waals surface area contributed by atoms with E-state index in [1.54, 1.807) is 15.9 Å². The van der Waals surface area contributed by atoms with Crippen molar-refractivity contribution in [2.75, 3.05) is 0 Å². The molecule has 2 heterocycles. The van der Waals surface area contributed by atoms with Gasteiger partial charge in [-0.3, -0.25) is 9.36 Å². The number of thiophene rings is 1. The van der Waals surface area contributed by atoms with E-state index in [0.29, 0.717) is 30.6 Å². The van der Waals surface area contributed by atoms with Crippen LogP contribution < -0.4 is 5.56 Å². The molecule has 4 nitrogen and oxygen atoms in total. The minimum Gasteiger partial charge on any atom is -0.292 e. The molecule has 0 saturated heterocycles. The molecule has 0 bridgehead atoms. The first-order valence-corrected chi connectivity index (χ1v) is 8.79. The Labute approximate surface area is 145 Å². The van der Waals surface area contributed by atoms with Crippen LogP contribution in [0, 0.1) is 32.1 Å². The van der Waals surface area contributed by atoms with Gasteiger partial charge in [0.05, 0.1) is 11.5 Å². The molecule has 0 aliphatic heterocycles. The monoisotopic (exact) mass is 337 g/mol. The van der Waals surface area contributed by atoms with E-state index in [9.17, 15) is 4.79 Å². The van der Waals surface area contributed by atoms with E-state index >= 15 is 0 Å². The molecular weight excluding hydrogens is 318 g/mol. The lowest BCUT2D eigenvalue weighted by Crippen LogP contribution is -2.23. The van der Waals surface area contributed by atoms with Crippen LogP contribution in [0.3, 0.4) is 0 Å². The van der Waals surface area contributed by atoms with Gasteiger partial charge >= 0.3 is 0 Å². The quantitative estimate of drug-likeness (QED) is 0.665. The number of unbranched alkanes of at least 4 members (excludes halogenated alkanes) is 1. The standard InChI is InChI=1S/C19H19N3OS/c1-12-7-6-8-15(11-12)17-21-18-16(13(2)14(3)24-18)19(23)22(17)10-5-4-9-20/h6-8,11H,4-5,10H2,1-3H3. The molecule has 0 aliphatic carbocycles. The lowest BCUT2D eigenvalue weighted by Gasteiger charge is -2.12. The predicted octanol–water partition coefficient (Wildman–Crippen LogP) is 4.35. The summed E-state index contributed by atoms with van der Waals surface area (Å²) in [7, 11) is 0. The van der Waals surface area contributed by atoms with Crippen molar-refractivity contribution in [1.82, 2.24) is 9.55 Å². The van der Waals surface area contributed by atoms with Crippen molar-refractivity contribution in [2.24, 2.45) is 0 Å². The SMILES string of the molecule is Cc1cccc(-c2nc3sc(C)c(C)c3c(=O)n2CCCC#N)c1. The van der Waals surface area contributed by atoms with Crippen LogP contribution >= 0.6 is 11.3 Å². The van der Waals surface area contributed by atoms with Crippen LogP contribution in [0.15, 0.2) is 29.1 Å². The molecule has 0 radical (unpaired) electrons. The highest BCUT2D eigenvalue weighted by atomic mass is 32.1. The molecule has 2 aromatic heterocycles. The number of benzene rings is 1. The summed E-state index contributed by atoms with van der Waals surface area (Å²) in [6.45, 7) is 6.53. The van der Waals surface area contributed by atoms with Crippen LogP contribution in [0.1, 0.15) is 28.8 Å². The van der Waals surface area contributed by atoms with Crippen LogP contribution in [0.2, 0.25) is 0 Å². The summed E-state index contributed by atoms with van der Waals surface area (Å²) < 4.78 is 1.73. The molecule has 0 amide bonds. The summed E-state index contributed by atoms with van der Waals surface area (Å²) >= 11 is 1.57. The van der Waals surface area contributed by atoms with Crippen molar-refractivity contribution in [3.63, 3.8) is 0 Å². The maximum Gasteiger partial charge on any atom is 0.262 e. The second kappa shape index (κ2) is 6.58. The zero-order valence-corrected chi connectivity index (χ0v) is 14.9. The molecule has 122 valence electrons. The van der Waals surface area contributed by atoms with E-state index < -0.39 is 0 Å². The zero-order chi connectivity index (χ0) is 17.3. The fraction of sp³-hybridized carbons (Fsp3) is 0.316. The maximum absolute atomic E-state index is 13.1. The van der Waals surface area contributed by atoms with E-state index in [2.05, 4.69) is 6.07 Å². The first-order valence-electron chi connectivity index (χ1n) is 7.97. The third kappa shape index (κ3) is 2.85. The van der Waals surface area contributed by atoms with Gasteiger partial charge in [-0.25, -0.2) is 4.98 Å². The summed E-state index contributed by atoms with van der Waals surface area (Å²) in [4.78, 5) is 19.8. The average Bonchev–Trinajstić information content (AvgIpc) is 2.84. The number of fused-ring (bicyclic) bond motifs is 1. The van der Waals surface area contributed by atoms with Gasteiger partial charge in [-0.15, -0.1) is 11.3 Å². The van der Waals surface area contributed by atoms with Crippen molar-refractivity contribution in [3.05, 3.63) is 50.6 Å². The van der Waals surface area contributed by atoms with Crippen LogP contribution in [0.5, 0.6) is 0 Å². The predicted molar refractivity (Wildman–Crippen MR) is 98.4 cm³/mol. The van der Waals surface area contributed by atoms with E-state index in [4.69, 9.17) is 10.2 Å². The lowest BCUT2D eigenvalue weighted by atomic mass is 10.1. The Balaban J connectivity index is 2.28. The van der Waals surface area contributed by atoms with E-state index in [-0.39, 0.29) is 5.56 Å². The Morgan fingerprint density at radius 1 is 1.29 bits per heavy atom. The average molecular weight is 337 g/mol. The van der Waals surface area contributed by atoms with Gasteiger partial charge in [0.2, 0.25) is 0 Å². The first kappa shape index (κ1) is 16.4. The normalized spacial score (nSPS) is 10.9. The van der Waals surface area contributed by atoms with Gasteiger partial charge in [0.1, 0.15) is 10.7 Å². The van der Waals surface area contributed by atoms with Crippen LogP contribution in [0.4, 0.5) is 0 Å². The number of rotatable bonds is 4. The number of aryl methyl sites for hydroxylation is 3. The third-order valence-electron chi connectivity index (χ3n) is 4.24. The summed E-state index contributed by atoms with van der Waals surface area (Å²) in [6.07, 6.45) is 1.07. The van der Waals surface area contributed by atoms with Gasteiger partial charge in [0, 0.05) is 23.4 Å². The van der Waals surface area contributed by atoms with Crippen molar-refractivity contribution in [1.29, 1.82) is 5.26 Å². The highest BCUT2D eigenvalue weighted by Crippen LogP contribution is 2.29. The molecule has 0 N–H and O–H groups in total. The molecule has 0 atom stereocenters. The molecule has 0 fully saturated rings. The number of nitriles is 1. The van der Waals surface area contributed by atoms with Gasteiger partial charge in [-0.1, -0.05) is 23.8 Å². The Morgan fingerprint density at radius 3 is 2.79 bits per heavy atom. The summed E-state index contributed by atoms with van der Waals surface area (Å²) in [5.41, 5.74) is 3.08. The molecule has 0 spiro atoms. The summed E-state index contributed by atoms with van der Waals surface area (Å²) in [5, 5.41) is 9.52. The Hall–Kier alpha value is -2.45. The molecular formula is C19H19N3OS. The number of hydrogen-bond donors (Lipinski definition) is 0. The van der Waals surface area contributed by atoms with E-state index in [1.165, 1.54) is 0 Å². The van der Waals surface area contributed by atoms with Gasteiger partial charge < -0.3 is 0 Å². The number of hydrogen-bond acceptors (Lipinski definition) is 4. The number of nitrogens with zero attached hydrogens (tertiary/aromatic N) is 3. The molecule has 3 aromatic rings. The van der Waals surface area contributed by atoms with Crippen LogP contribution in [-0.2, 0) is 6.54 Å². The van der Waals surface area contributed by atoms with Gasteiger partial charge in [0.25, 0.3) is 5.56 Å². The molecule has 0 unspecified atom stereocenters. The van der Waals surface area contributed by atoms with Crippen molar-refractivity contribution < 1.29 is 0 Å². The molecule has 5 heteroatoms. The zero-order valence-electron chi connectivity index (χ0n) is 14.1. The van der Waals surface area contributed by atoms with Crippen molar-refractivity contribution >= 4 is 21.6 Å². The molecule has 0 aliphatic rings. The summed E-state index contributed by atoms with van der Waals surface area (Å²) in [6, 6.07) is 10.2. The van der Waals surface area contributed by atoms with E-state index in [1.807, 2.05) is 45.0 Å². The second-order valence-corrected chi connectivity index (χ2v) is 7.19. The fourth-order valence-corrected chi connectivity index (χ4v) is 3.88. The van der Waals surface area contributed by atoms with E-state index in [0.717, 1.165) is 26.4 Å². The lowest BCUT2D eigenvalue weighted by molar-refractivity contribution is 0.634. The summed E-state index contributed by atoms with van der Waals surface area (Å²) in [5.74, 6) is 0.690. The van der Waals surface area contributed by atoms with Crippen LogP contribution in [-0.4, -0.2) is 9.55 Å². The van der Waals surface area contributed by atoms with Gasteiger partial charge in [-0.05, 0) is 38.8 Å². The number of aromatic nitrogens is 2. The Morgan fingerprint density at radius 2 is 2.08 bits per heavy atom. The Kier molecular flexibility index (Phi) is 4.50. The Bertz CT molecular complexity index is 1010. The maximum atomic E-state index is 13.1. The van der Waals surface area contributed by atoms with Gasteiger partial charge in [-0.2, -0.15) is 5.26 Å². The largest absolute Gasteiger partial charge is 0.292 e. The van der Waals surface area contributed by atoms with Gasteiger partial charge in [0.15, 0.2) is 0 Å². The highest BCUT2D eigenvalue weighted by molar-refractivity contribution is 7.18. The van der Waals surface area contributed by atoms with Crippen molar-refractivity contribution in [2.45, 2.75) is 40.2 Å². The minimum absolute atomic E-state index is 0.00343. The topological polar surface area (TPSA) is 58.7 Å². The molecule has 0 saturated carbocycles. The molecule has 1 aromatic carbocycles. The second-order valence-electron chi connectivity index (χ2n) is 5.99. The molecule has 24 heavy (non-hydrogen) atoms. The first-order chi connectivity index (χ1) is 11.5. The third-order valence-corrected chi connectivity index (χ3v) is 5.34.